The van der Waals surface area contributed by atoms with E-state index in [0.717, 1.165) is 23.3 Å². The zero-order valence-corrected chi connectivity index (χ0v) is 20.1. The van der Waals surface area contributed by atoms with Crippen molar-refractivity contribution in [1.29, 1.82) is 0 Å². The van der Waals surface area contributed by atoms with Gasteiger partial charge < -0.3 is 4.90 Å². The van der Waals surface area contributed by atoms with E-state index in [9.17, 15) is 18.0 Å². The van der Waals surface area contributed by atoms with Crippen molar-refractivity contribution < 1.29 is 18.0 Å². The van der Waals surface area contributed by atoms with Crippen LogP contribution in [0.2, 0.25) is 0 Å². The quantitative estimate of drug-likeness (QED) is 0.362. The van der Waals surface area contributed by atoms with Crippen molar-refractivity contribution in [2.24, 2.45) is 0 Å². The van der Waals surface area contributed by atoms with Gasteiger partial charge >= 0.3 is 0 Å². The molecule has 2 aliphatic heterocycles. The third-order valence-corrected chi connectivity index (χ3v) is 9.35. The largest absolute Gasteiger partial charge is 0.300 e. The summed E-state index contributed by atoms with van der Waals surface area (Å²) >= 11 is 1.64. The van der Waals surface area contributed by atoms with Gasteiger partial charge in [-0.25, -0.2) is 8.42 Å². The first-order valence-electron chi connectivity index (χ1n) is 11.2. The molecule has 0 unspecified atom stereocenters. The van der Waals surface area contributed by atoms with Gasteiger partial charge in [0.25, 0.3) is 11.7 Å². The molecule has 3 aromatic carbocycles. The van der Waals surface area contributed by atoms with Gasteiger partial charge in [-0.3, -0.25) is 9.59 Å². The molecular formula is C26H24N2O4S2. The zero-order chi connectivity index (χ0) is 23.7. The standard InChI is InChI=1S/C26H24N2O4S2/c29-25-23-16-22(13-14-24(23)27(26(25)30)17-19-8-3-1-4-9-19)34(31,32)28-15-7-10-20(28)18-33-21-11-5-2-6-12-21/h1-6,8-9,11-14,16,20H,7,10,15,17-18H2/t20-/m0/s1. The smallest absolute Gasteiger partial charge is 0.299 e. The number of carbonyl (C=O) groups is 2. The monoisotopic (exact) mass is 492 g/mol. The second kappa shape index (κ2) is 9.37. The molecule has 8 heteroatoms. The summed E-state index contributed by atoms with van der Waals surface area (Å²) in [5.74, 6) is -0.636. The number of hydrogen-bond acceptors (Lipinski definition) is 5. The molecule has 1 atom stereocenters. The molecule has 0 aliphatic carbocycles. The molecule has 0 saturated carbocycles. The molecule has 0 aromatic heterocycles. The molecule has 0 bridgehead atoms. The molecule has 2 aliphatic rings. The van der Waals surface area contributed by atoms with Crippen LogP contribution in [0.5, 0.6) is 0 Å². The van der Waals surface area contributed by atoms with Crippen molar-refractivity contribution in [2.75, 3.05) is 17.2 Å². The molecule has 2 heterocycles. The maximum Gasteiger partial charge on any atom is 0.299 e. The predicted octanol–water partition coefficient (Wildman–Crippen LogP) is 4.36. The maximum atomic E-state index is 13.5. The van der Waals surface area contributed by atoms with E-state index >= 15 is 0 Å². The predicted molar refractivity (Wildman–Crippen MR) is 132 cm³/mol. The summed E-state index contributed by atoms with van der Waals surface area (Å²) in [6.45, 7) is 0.710. The van der Waals surface area contributed by atoms with E-state index in [2.05, 4.69) is 0 Å². The van der Waals surface area contributed by atoms with Crippen LogP contribution in [0.25, 0.3) is 0 Å². The van der Waals surface area contributed by atoms with E-state index in [0.29, 0.717) is 18.0 Å². The van der Waals surface area contributed by atoms with Crippen molar-refractivity contribution in [1.82, 2.24) is 4.31 Å². The minimum Gasteiger partial charge on any atom is -0.300 e. The SMILES string of the molecule is O=C1C(=O)N(Cc2ccccc2)c2ccc(S(=O)(=O)N3CCC[C@H]3CSc3ccccc3)cc21. The average Bonchev–Trinajstić information content (AvgIpc) is 3.44. The number of sulfonamides is 1. The molecule has 1 fully saturated rings. The number of anilines is 1. The lowest BCUT2D eigenvalue weighted by Gasteiger charge is -2.24. The highest BCUT2D eigenvalue weighted by molar-refractivity contribution is 7.99. The third-order valence-electron chi connectivity index (χ3n) is 6.24. The lowest BCUT2D eigenvalue weighted by Crippen LogP contribution is -2.37. The Kier molecular flexibility index (Phi) is 6.29. The summed E-state index contributed by atoms with van der Waals surface area (Å²) in [5, 5.41) is 0. The Balaban J connectivity index is 1.38. The number of thioether (sulfide) groups is 1. The summed E-state index contributed by atoms with van der Waals surface area (Å²) < 4.78 is 28.6. The van der Waals surface area contributed by atoms with Gasteiger partial charge in [0.05, 0.1) is 22.7 Å². The van der Waals surface area contributed by atoms with E-state index < -0.39 is 21.7 Å². The number of carbonyl (C=O) groups excluding carboxylic acids is 2. The number of hydrogen-bond donors (Lipinski definition) is 0. The van der Waals surface area contributed by atoms with Crippen LogP contribution in [0.3, 0.4) is 0 Å². The van der Waals surface area contributed by atoms with Crippen molar-refractivity contribution in [3.8, 4) is 0 Å². The number of benzene rings is 3. The molecule has 6 nitrogen and oxygen atoms in total. The number of amides is 1. The van der Waals surface area contributed by atoms with Crippen molar-refractivity contribution in [2.45, 2.75) is 35.2 Å². The van der Waals surface area contributed by atoms with Crippen LogP contribution < -0.4 is 4.90 Å². The first-order chi connectivity index (χ1) is 16.4. The van der Waals surface area contributed by atoms with Crippen LogP contribution in [-0.4, -0.2) is 42.8 Å². The second-order valence-corrected chi connectivity index (χ2v) is 11.4. The molecule has 0 spiro atoms. The normalized spacial score (nSPS) is 18.5. The Hall–Kier alpha value is -2.94. The Morgan fingerprint density at radius 2 is 1.62 bits per heavy atom. The highest BCUT2D eigenvalue weighted by Gasteiger charge is 2.39. The first-order valence-corrected chi connectivity index (χ1v) is 13.6. The van der Waals surface area contributed by atoms with Crippen molar-refractivity contribution in [3.05, 3.63) is 90.0 Å². The Bertz CT molecular complexity index is 1330. The van der Waals surface area contributed by atoms with Gasteiger partial charge in [-0.1, -0.05) is 48.5 Å². The summed E-state index contributed by atoms with van der Waals surface area (Å²) in [7, 11) is -3.79. The topological polar surface area (TPSA) is 74.8 Å². The van der Waals surface area contributed by atoms with E-state index in [1.807, 2.05) is 60.7 Å². The molecule has 1 amide bonds. The molecule has 5 rings (SSSR count). The Morgan fingerprint density at radius 1 is 0.912 bits per heavy atom. The van der Waals surface area contributed by atoms with Gasteiger partial charge in [-0.15, -0.1) is 11.8 Å². The van der Waals surface area contributed by atoms with Crippen LogP contribution in [0.4, 0.5) is 5.69 Å². The van der Waals surface area contributed by atoms with E-state index in [1.54, 1.807) is 22.1 Å². The molecule has 3 aromatic rings. The van der Waals surface area contributed by atoms with Crippen LogP contribution >= 0.6 is 11.8 Å². The number of rotatable bonds is 7. The molecule has 0 radical (unpaired) electrons. The van der Waals surface area contributed by atoms with Crippen LogP contribution in [0.15, 0.2) is 88.7 Å². The van der Waals surface area contributed by atoms with Gasteiger partial charge in [0, 0.05) is 23.2 Å². The number of nitrogens with zero attached hydrogens (tertiary/aromatic N) is 2. The van der Waals surface area contributed by atoms with Gasteiger partial charge in [-0.05, 0) is 48.7 Å². The van der Waals surface area contributed by atoms with E-state index in [4.69, 9.17) is 0 Å². The minimum atomic E-state index is -3.79. The van der Waals surface area contributed by atoms with Crippen molar-refractivity contribution >= 4 is 39.2 Å². The number of Topliss-reactive ketones (excluding diaryl/α,β-unsaturated/α-hetero) is 1. The summed E-state index contributed by atoms with van der Waals surface area (Å²) in [6.07, 6.45) is 1.60. The van der Waals surface area contributed by atoms with Gasteiger partial charge in [0.15, 0.2) is 0 Å². The third kappa shape index (κ3) is 4.29. The fraction of sp³-hybridized carbons (Fsp3) is 0.231. The molecule has 174 valence electrons. The van der Waals surface area contributed by atoms with Crippen LogP contribution in [0.1, 0.15) is 28.8 Å². The fourth-order valence-corrected chi connectivity index (χ4v) is 7.39. The lowest BCUT2D eigenvalue weighted by atomic mass is 10.1. The van der Waals surface area contributed by atoms with Crippen LogP contribution in [0, 0.1) is 0 Å². The Morgan fingerprint density at radius 3 is 2.35 bits per heavy atom. The zero-order valence-electron chi connectivity index (χ0n) is 18.5. The second-order valence-electron chi connectivity index (χ2n) is 8.42. The van der Waals surface area contributed by atoms with Crippen LogP contribution in [-0.2, 0) is 21.4 Å². The highest BCUT2D eigenvalue weighted by Crippen LogP contribution is 2.35. The lowest BCUT2D eigenvalue weighted by molar-refractivity contribution is -0.114. The molecule has 1 saturated heterocycles. The summed E-state index contributed by atoms with van der Waals surface area (Å²) in [4.78, 5) is 28.0. The van der Waals surface area contributed by atoms with Gasteiger partial charge in [0.1, 0.15) is 0 Å². The number of ketones is 1. The van der Waals surface area contributed by atoms with E-state index in [-0.39, 0.29) is 23.0 Å². The Labute approximate surface area is 203 Å². The fourth-order valence-electron chi connectivity index (χ4n) is 4.50. The summed E-state index contributed by atoms with van der Waals surface area (Å²) in [5.41, 5.74) is 1.50. The van der Waals surface area contributed by atoms with E-state index in [1.165, 1.54) is 17.0 Å². The molecule has 0 N–H and O–H groups in total. The minimum absolute atomic E-state index is 0.0607. The first kappa shape index (κ1) is 22.8. The number of fused-ring (bicyclic) bond motifs is 1. The van der Waals surface area contributed by atoms with Crippen molar-refractivity contribution in [3.63, 3.8) is 0 Å². The molecule has 34 heavy (non-hydrogen) atoms. The maximum absolute atomic E-state index is 13.5. The highest BCUT2D eigenvalue weighted by atomic mass is 32.2. The summed E-state index contributed by atoms with van der Waals surface area (Å²) in [6, 6.07) is 23.7. The average molecular weight is 493 g/mol. The molecular weight excluding hydrogens is 468 g/mol. The van der Waals surface area contributed by atoms with Gasteiger partial charge in [-0.2, -0.15) is 4.31 Å². The van der Waals surface area contributed by atoms with Gasteiger partial charge in [0.2, 0.25) is 10.0 Å².